The maximum atomic E-state index is 12.0. The standard InChI is InChI=1S/C32H50O9/c1-22(12-13-26-24(3)11-8-14-32(26,5)6)9-7-10-23(2)21-27(33)39-19-17-37-15-16-38-18-20-40-31-30(36)29(35)28(34)25(4)41-31/h7,9-10,12-13,21,25,28-31,34-36H,8,11,14-20H2,1-6H3/b10-7+,13-12+,22-9+,23-21+/t25-,28-,29+,30+,31+/m0/s1. The van der Waals surface area contributed by atoms with Crippen molar-refractivity contribution in [1.29, 1.82) is 0 Å². The average molecular weight is 579 g/mol. The lowest BCUT2D eigenvalue weighted by Crippen LogP contribution is -2.57. The summed E-state index contributed by atoms with van der Waals surface area (Å²) in [6, 6.07) is 0. The Morgan fingerprint density at radius 2 is 1.61 bits per heavy atom. The predicted octanol–water partition coefficient (Wildman–Crippen LogP) is 3.94. The second kappa shape index (κ2) is 17.8. The van der Waals surface area contributed by atoms with Crippen molar-refractivity contribution in [3.8, 4) is 0 Å². The van der Waals surface area contributed by atoms with E-state index in [1.165, 1.54) is 36.5 Å². The van der Waals surface area contributed by atoms with Gasteiger partial charge in [0.1, 0.15) is 24.9 Å². The first kappa shape index (κ1) is 35.1. The SMILES string of the molecule is CC1=C(/C=C/C(C)=C/C=C/C(C)=C/C(=O)OCCOCCOCCO[C@@H]2O[C@@H](C)[C@H](O)[C@@H](O)[C@H]2O)C(C)(C)CCC1. The van der Waals surface area contributed by atoms with Crippen LogP contribution in [0.1, 0.15) is 60.8 Å². The van der Waals surface area contributed by atoms with Gasteiger partial charge in [0.05, 0.1) is 39.1 Å². The molecule has 0 amide bonds. The number of rotatable bonds is 15. The maximum absolute atomic E-state index is 12.0. The second-order valence-corrected chi connectivity index (χ2v) is 11.4. The van der Waals surface area contributed by atoms with Gasteiger partial charge in [0, 0.05) is 6.08 Å². The Morgan fingerprint density at radius 3 is 2.29 bits per heavy atom. The molecular formula is C32H50O9. The van der Waals surface area contributed by atoms with Crippen molar-refractivity contribution in [2.45, 2.75) is 91.5 Å². The fourth-order valence-corrected chi connectivity index (χ4v) is 4.81. The van der Waals surface area contributed by atoms with Gasteiger partial charge in [-0.1, -0.05) is 55.4 Å². The van der Waals surface area contributed by atoms with E-state index in [0.29, 0.717) is 13.2 Å². The average Bonchev–Trinajstić information content (AvgIpc) is 2.90. The van der Waals surface area contributed by atoms with Crippen LogP contribution >= 0.6 is 0 Å². The molecule has 232 valence electrons. The molecule has 41 heavy (non-hydrogen) atoms. The Bertz CT molecular complexity index is 976. The molecule has 0 bridgehead atoms. The molecule has 3 N–H and O–H groups in total. The third kappa shape index (κ3) is 12.3. The van der Waals surface area contributed by atoms with Crippen LogP contribution in [0.5, 0.6) is 0 Å². The summed E-state index contributed by atoms with van der Waals surface area (Å²) in [7, 11) is 0. The number of carbonyl (C=O) groups excluding carboxylic acids is 1. The zero-order chi connectivity index (χ0) is 30.4. The molecule has 9 heteroatoms. The minimum Gasteiger partial charge on any atom is -0.460 e. The second-order valence-electron chi connectivity index (χ2n) is 11.4. The number of allylic oxidation sites excluding steroid dienone is 9. The summed E-state index contributed by atoms with van der Waals surface area (Å²) in [4.78, 5) is 12.0. The summed E-state index contributed by atoms with van der Waals surface area (Å²) in [5, 5.41) is 29.4. The molecule has 1 aliphatic carbocycles. The van der Waals surface area contributed by atoms with Gasteiger partial charge in [-0.3, -0.25) is 0 Å². The summed E-state index contributed by atoms with van der Waals surface area (Å²) >= 11 is 0. The summed E-state index contributed by atoms with van der Waals surface area (Å²) in [6.45, 7) is 13.7. The van der Waals surface area contributed by atoms with E-state index in [4.69, 9.17) is 23.7 Å². The van der Waals surface area contributed by atoms with Crippen LogP contribution in [0.4, 0.5) is 0 Å². The van der Waals surface area contributed by atoms with Gasteiger partial charge in [-0.05, 0) is 63.5 Å². The highest BCUT2D eigenvalue weighted by Gasteiger charge is 2.42. The van der Waals surface area contributed by atoms with E-state index < -0.39 is 36.7 Å². The van der Waals surface area contributed by atoms with Crippen LogP contribution in [-0.4, -0.2) is 91.6 Å². The van der Waals surface area contributed by atoms with Crippen LogP contribution in [-0.2, 0) is 28.5 Å². The molecule has 5 atom stereocenters. The Balaban J connectivity index is 1.56. The highest BCUT2D eigenvalue weighted by molar-refractivity contribution is 5.83. The highest BCUT2D eigenvalue weighted by atomic mass is 16.7. The topological polar surface area (TPSA) is 124 Å². The first-order valence-electron chi connectivity index (χ1n) is 14.5. The van der Waals surface area contributed by atoms with Gasteiger partial charge in [-0.25, -0.2) is 4.79 Å². The van der Waals surface area contributed by atoms with Gasteiger partial charge in [-0.15, -0.1) is 0 Å². The van der Waals surface area contributed by atoms with E-state index in [1.807, 2.05) is 25.2 Å². The fraction of sp³-hybridized carbons (Fsp3) is 0.656. The molecule has 1 fully saturated rings. The summed E-state index contributed by atoms with van der Waals surface area (Å²) in [6.07, 6.45) is 9.80. The lowest BCUT2D eigenvalue weighted by atomic mass is 9.72. The Hall–Kier alpha value is -2.11. The van der Waals surface area contributed by atoms with E-state index in [2.05, 4.69) is 39.8 Å². The molecule has 0 saturated carbocycles. The normalized spacial score (nSPS) is 27.7. The zero-order valence-corrected chi connectivity index (χ0v) is 25.5. The number of aliphatic hydroxyl groups is 3. The molecule has 0 aromatic heterocycles. The van der Waals surface area contributed by atoms with Gasteiger partial charge in [-0.2, -0.15) is 0 Å². The van der Waals surface area contributed by atoms with Crippen molar-refractivity contribution in [2.75, 3.05) is 39.6 Å². The molecule has 1 saturated heterocycles. The first-order valence-corrected chi connectivity index (χ1v) is 14.5. The monoisotopic (exact) mass is 578 g/mol. The van der Waals surface area contributed by atoms with Gasteiger partial charge in [0.15, 0.2) is 6.29 Å². The molecule has 0 aromatic carbocycles. The lowest BCUT2D eigenvalue weighted by molar-refractivity contribution is -0.294. The number of carbonyl (C=O) groups is 1. The van der Waals surface area contributed by atoms with Crippen LogP contribution in [0.15, 0.2) is 58.7 Å². The Morgan fingerprint density at radius 1 is 0.951 bits per heavy atom. The molecule has 2 rings (SSSR count). The quantitative estimate of drug-likeness (QED) is 0.115. The minimum atomic E-state index is -1.34. The fourth-order valence-electron chi connectivity index (χ4n) is 4.81. The largest absolute Gasteiger partial charge is 0.460 e. The van der Waals surface area contributed by atoms with Gasteiger partial charge < -0.3 is 39.0 Å². The van der Waals surface area contributed by atoms with Crippen LogP contribution in [0.3, 0.4) is 0 Å². The minimum absolute atomic E-state index is 0.133. The van der Waals surface area contributed by atoms with Crippen LogP contribution in [0.2, 0.25) is 0 Å². The van der Waals surface area contributed by atoms with Gasteiger partial charge in [0.25, 0.3) is 0 Å². The van der Waals surface area contributed by atoms with Crippen molar-refractivity contribution in [3.05, 3.63) is 58.7 Å². The molecule has 0 aromatic rings. The molecule has 9 nitrogen and oxygen atoms in total. The molecular weight excluding hydrogens is 528 g/mol. The summed E-state index contributed by atoms with van der Waals surface area (Å²) in [5.41, 5.74) is 5.06. The Labute approximate surface area is 245 Å². The van der Waals surface area contributed by atoms with Gasteiger partial charge in [0.2, 0.25) is 0 Å². The molecule has 0 radical (unpaired) electrons. The third-order valence-electron chi connectivity index (χ3n) is 7.28. The lowest BCUT2D eigenvalue weighted by Gasteiger charge is -2.38. The van der Waals surface area contributed by atoms with Crippen molar-refractivity contribution >= 4 is 5.97 Å². The maximum Gasteiger partial charge on any atom is 0.331 e. The predicted molar refractivity (Wildman–Crippen MR) is 157 cm³/mol. The molecule has 0 unspecified atom stereocenters. The van der Waals surface area contributed by atoms with E-state index in [0.717, 1.165) is 11.1 Å². The van der Waals surface area contributed by atoms with Crippen molar-refractivity contribution in [2.24, 2.45) is 5.41 Å². The van der Waals surface area contributed by atoms with Crippen LogP contribution in [0, 0.1) is 5.41 Å². The molecule has 2 aliphatic rings. The van der Waals surface area contributed by atoms with Crippen molar-refractivity contribution in [3.63, 3.8) is 0 Å². The first-order chi connectivity index (χ1) is 19.4. The number of esters is 1. The highest BCUT2D eigenvalue weighted by Crippen LogP contribution is 2.40. The number of hydrogen-bond donors (Lipinski definition) is 3. The van der Waals surface area contributed by atoms with Crippen molar-refractivity contribution in [1.82, 2.24) is 0 Å². The van der Waals surface area contributed by atoms with Gasteiger partial charge >= 0.3 is 5.97 Å². The summed E-state index contributed by atoms with van der Waals surface area (Å²) in [5.74, 6) is -0.425. The van der Waals surface area contributed by atoms with Crippen LogP contribution < -0.4 is 0 Å². The van der Waals surface area contributed by atoms with E-state index in [9.17, 15) is 20.1 Å². The Kier molecular flexibility index (Phi) is 15.2. The van der Waals surface area contributed by atoms with Crippen LogP contribution in [0.25, 0.3) is 0 Å². The van der Waals surface area contributed by atoms with E-state index in [1.54, 1.807) is 6.92 Å². The van der Waals surface area contributed by atoms with E-state index in [-0.39, 0.29) is 31.8 Å². The number of ether oxygens (including phenoxy) is 5. The molecule has 1 aliphatic heterocycles. The third-order valence-corrected chi connectivity index (χ3v) is 7.28. The number of aliphatic hydroxyl groups excluding tert-OH is 3. The smallest absolute Gasteiger partial charge is 0.331 e. The zero-order valence-electron chi connectivity index (χ0n) is 25.5. The molecule has 0 spiro atoms. The number of hydrogen-bond acceptors (Lipinski definition) is 9. The summed E-state index contributed by atoms with van der Waals surface area (Å²) < 4.78 is 26.7. The van der Waals surface area contributed by atoms with Crippen molar-refractivity contribution < 1.29 is 43.8 Å². The molecule has 1 heterocycles. The van der Waals surface area contributed by atoms with E-state index >= 15 is 0 Å².